The Kier molecular flexibility index (Phi) is 6.45. The Morgan fingerprint density at radius 3 is 2.54 bits per heavy atom. The number of nitrogens with zero attached hydrogens (tertiary/aromatic N) is 3. The van der Waals surface area contributed by atoms with Crippen molar-refractivity contribution in [3.05, 3.63) is 35.4 Å². The maximum Gasteiger partial charge on any atom is 0.410 e. The van der Waals surface area contributed by atoms with Gasteiger partial charge in [-0.05, 0) is 45.4 Å². The number of amides is 1. The van der Waals surface area contributed by atoms with Crippen molar-refractivity contribution < 1.29 is 9.53 Å². The number of nitriles is 1. The molecule has 7 nitrogen and oxygen atoms in total. The van der Waals surface area contributed by atoms with Gasteiger partial charge in [0.15, 0.2) is 5.96 Å². The van der Waals surface area contributed by atoms with E-state index in [2.05, 4.69) is 21.7 Å². The summed E-state index contributed by atoms with van der Waals surface area (Å²) < 4.78 is 5.36. The van der Waals surface area contributed by atoms with Crippen LogP contribution in [0.25, 0.3) is 0 Å². The summed E-state index contributed by atoms with van der Waals surface area (Å²) in [6, 6.07) is 9.64. The van der Waals surface area contributed by atoms with Crippen molar-refractivity contribution in [3.8, 4) is 6.07 Å². The van der Waals surface area contributed by atoms with E-state index in [9.17, 15) is 4.79 Å². The summed E-state index contributed by atoms with van der Waals surface area (Å²) in [6.07, 6.45) is -0.282. The second-order valence-corrected chi connectivity index (χ2v) is 7.23. The van der Waals surface area contributed by atoms with Crippen LogP contribution in [-0.2, 0) is 11.3 Å². The van der Waals surface area contributed by atoms with Gasteiger partial charge >= 0.3 is 6.09 Å². The maximum absolute atomic E-state index is 12.0. The van der Waals surface area contributed by atoms with Gasteiger partial charge in [-0.15, -0.1) is 0 Å². The van der Waals surface area contributed by atoms with Gasteiger partial charge in [-0.25, -0.2) is 9.79 Å². The molecule has 1 amide bonds. The number of rotatable bonds is 4. The zero-order chi connectivity index (χ0) is 19.2. The van der Waals surface area contributed by atoms with Crippen molar-refractivity contribution in [2.24, 2.45) is 4.99 Å². The summed E-state index contributed by atoms with van der Waals surface area (Å²) in [7, 11) is 0. The summed E-state index contributed by atoms with van der Waals surface area (Å²) in [5.74, 6) is 0.714. The minimum Gasteiger partial charge on any atom is -0.444 e. The minimum atomic E-state index is -0.479. The van der Waals surface area contributed by atoms with Crippen LogP contribution in [0.3, 0.4) is 0 Å². The van der Waals surface area contributed by atoms with Crippen molar-refractivity contribution in [2.45, 2.75) is 45.9 Å². The molecule has 0 saturated carbocycles. The highest BCUT2D eigenvalue weighted by Gasteiger charge is 2.34. The van der Waals surface area contributed by atoms with Crippen LogP contribution < -0.4 is 10.6 Å². The highest BCUT2D eigenvalue weighted by molar-refractivity contribution is 5.80. The smallest absolute Gasteiger partial charge is 0.410 e. The zero-order valence-electron chi connectivity index (χ0n) is 15.9. The standard InChI is InChI=1S/C19H27N5O2/c1-5-21-17(22-11-15-8-6-14(10-20)7-9-15)23-16-12-24(13-16)18(25)26-19(2,3)4/h6-9,16H,5,11-13H2,1-4H3,(H2,21,22,23). The van der Waals surface area contributed by atoms with Crippen LogP contribution in [0.4, 0.5) is 4.79 Å². The fraction of sp³-hybridized carbons (Fsp3) is 0.526. The van der Waals surface area contributed by atoms with Crippen molar-refractivity contribution in [1.29, 1.82) is 5.26 Å². The number of benzene rings is 1. The van der Waals surface area contributed by atoms with Gasteiger partial charge in [0, 0.05) is 19.6 Å². The molecule has 1 aromatic rings. The Hall–Kier alpha value is -2.75. The second-order valence-electron chi connectivity index (χ2n) is 7.23. The summed E-state index contributed by atoms with van der Waals surface area (Å²) in [5.41, 5.74) is 1.19. The predicted octanol–water partition coefficient (Wildman–Crippen LogP) is 2.23. The van der Waals surface area contributed by atoms with Gasteiger partial charge in [-0.2, -0.15) is 5.26 Å². The predicted molar refractivity (Wildman–Crippen MR) is 101 cm³/mol. The molecule has 2 N–H and O–H groups in total. The first kappa shape index (κ1) is 19.6. The molecule has 0 aliphatic carbocycles. The molecular formula is C19H27N5O2. The largest absolute Gasteiger partial charge is 0.444 e. The van der Waals surface area contributed by atoms with Crippen LogP contribution in [-0.4, -0.2) is 48.2 Å². The number of ether oxygens (including phenoxy) is 1. The van der Waals surface area contributed by atoms with E-state index in [0.29, 0.717) is 31.2 Å². The number of hydrogen-bond donors (Lipinski definition) is 2. The van der Waals surface area contributed by atoms with Crippen LogP contribution in [0.5, 0.6) is 0 Å². The van der Waals surface area contributed by atoms with Crippen molar-refractivity contribution in [1.82, 2.24) is 15.5 Å². The number of likely N-dealkylation sites (tertiary alicyclic amines) is 1. The fourth-order valence-corrected chi connectivity index (χ4v) is 2.41. The van der Waals surface area contributed by atoms with E-state index in [1.807, 2.05) is 39.8 Å². The quantitative estimate of drug-likeness (QED) is 0.637. The second kappa shape index (κ2) is 8.56. The van der Waals surface area contributed by atoms with Crippen molar-refractivity contribution >= 4 is 12.1 Å². The minimum absolute atomic E-state index is 0.154. The normalized spacial score (nSPS) is 15.0. The van der Waals surface area contributed by atoms with E-state index in [1.165, 1.54) is 0 Å². The average molecular weight is 357 g/mol. The number of nitrogens with one attached hydrogen (secondary N) is 2. The van der Waals surface area contributed by atoms with Crippen molar-refractivity contribution in [3.63, 3.8) is 0 Å². The summed E-state index contributed by atoms with van der Waals surface area (Å²) >= 11 is 0. The molecule has 1 saturated heterocycles. The Morgan fingerprint density at radius 2 is 2.00 bits per heavy atom. The molecule has 0 radical (unpaired) electrons. The lowest BCUT2D eigenvalue weighted by atomic mass is 10.1. The topological polar surface area (TPSA) is 89.8 Å². The number of carbonyl (C=O) groups is 1. The third-order valence-corrected chi connectivity index (χ3v) is 3.72. The zero-order valence-corrected chi connectivity index (χ0v) is 15.9. The Balaban J connectivity index is 1.85. The van der Waals surface area contributed by atoms with Gasteiger partial charge in [0.25, 0.3) is 0 Å². The molecule has 0 aromatic heterocycles. The first-order valence-electron chi connectivity index (χ1n) is 8.82. The molecule has 1 fully saturated rings. The first-order chi connectivity index (χ1) is 12.3. The molecule has 0 unspecified atom stereocenters. The molecule has 1 aliphatic heterocycles. The highest BCUT2D eigenvalue weighted by Crippen LogP contribution is 2.15. The average Bonchev–Trinajstić information content (AvgIpc) is 2.54. The lowest BCUT2D eigenvalue weighted by Gasteiger charge is -2.40. The first-order valence-corrected chi connectivity index (χ1v) is 8.82. The number of aliphatic imine (C=N–C) groups is 1. The summed E-state index contributed by atoms with van der Waals surface area (Å²) in [5, 5.41) is 15.4. The third kappa shape index (κ3) is 5.96. The molecule has 2 rings (SSSR count). The molecule has 26 heavy (non-hydrogen) atoms. The summed E-state index contributed by atoms with van der Waals surface area (Å²) in [6.45, 7) is 10.0. The lowest BCUT2D eigenvalue weighted by molar-refractivity contribution is 0.00701. The Labute approximate surface area is 155 Å². The molecule has 1 aromatic carbocycles. The van der Waals surface area contributed by atoms with Gasteiger partial charge in [-0.3, -0.25) is 0 Å². The fourth-order valence-electron chi connectivity index (χ4n) is 2.41. The number of guanidine groups is 1. The third-order valence-electron chi connectivity index (χ3n) is 3.72. The van der Waals surface area contributed by atoms with Crippen LogP contribution in [0.1, 0.15) is 38.8 Å². The van der Waals surface area contributed by atoms with E-state index >= 15 is 0 Å². The lowest BCUT2D eigenvalue weighted by Crippen LogP contribution is -2.63. The molecule has 0 atom stereocenters. The van der Waals surface area contributed by atoms with E-state index in [1.54, 1.807) is 17.0 Å². The van der Waals surface area contributed by atoms with Crippen LogP contribution in [0, 0.1) is 11.3 Å². The molecule has 0 bridgehead atoms. The van der Waals surface area contributed by atoms with Gasteiger partial charge in [0.2, 0.25) is 0 Å². The van der Waals surface area contributed by atoms with E-state index in [4.69, 9.17) is 10.00 Å². The van der Waals surface area contributed by atoms with Crippen LogP contribution in [0.15, 0.2) is 29.3 Å². The molecule has 1 heterocycles. The highest BCUT2D eigenvalue weighted by atomic mass is 16.6. The van der Waals surface area contributed by atoms with Crippen LogP contribution in [0.2, 0.25) is 0 Å². The molecule has 0 spiro atoms. The van der Waals surface area contributed by atoms with Gasteiger partial charge in [0.05, 0.1) is 24.2 Å². The van der Waals surface area contributed by atoms with Crippen molar-refractivity contribution in [2.75, 3.05) is 19.6 Å². The van der Waals surface area contributed by atoms with E-state index in [-0.39, 0.29) is 12.1 Å². The molecule has 7 heteroatoms. The summed E-state index contributed by atoms with van der Waals surface area (Å²) in [4.78, 5) is 18.2. The maximum atomic E-state index is 12.0. The van der Waals surface area contributed by atoms with Gasteiger partial charge in [-0.1, -0.05) is 12.1 Å². The van der Waals surface area contributed by atoms with E-state index < -0.39 is 5.60 Å². The number of hydrogen-bond acceptors (Lipinski definition) is 4. The van der Waals surface area contributed by atoms with Gasteiger partial charge in [0.1, 0.15) is 5.60 Å². The van der Waals surface area contributed by atoms with E-state index in [0.717, 1.165) is 12.1 Å². The van der Waals surface area contributed by atoms with Gasteiger partial charge < -0.3 is 20.3 Å². The Morgan fingerprint density at radius 1 is 1.35 bits per heavy atom. The number of carbonyl (C=O) groups excluding carboxylic acids is 1. The molecular weight excluding hydrogens is 330 g/mol. The molecule has 1 aliphatic rings. The molecule has 140 valence electrons. The Bertz CT molecular complexity index is 679. The monoisotopic (exact) mass is 357 g/mol. The SMILES string of the molecule is CCNC(=NCc1ccc(C#N)cc1)NC1CN(C(=O)OC(C)(C)C)C1. The van der Waals surface area contributed by atoms with Crippen LogP contribution >= 0.6 is 0 Å².